The molecule has 1 unspecified atom stereocenters. The van der Waals surface area contributed by atoms with Crippen LogP contribution in [0.25, 0.3) is 21.3 Å². The van der Waals surface area contributed by atoms with E-state index in [0.29, 0.717) is 29.5 Å². The highest BCUT2D eigenvalue weighted by molar-refractivity contribution is 7.19. The lowest BCUT2D eigenvalue weighted by molar-refractivity contribution is -0.121. The average molecular weight is 563 g/mol. The first-order valence-corrected chi connectivity index (χ1v) is 14.3. The van der Waals surface area contributed by atoms with E-state index in [1.807, 2.05) is 30.1 Å². The Hall–Kier alpha value is -3.17. The number of benzene rings is 2. The third kappa shape index (κ3) is 4.98. The van der Waals surface area contributed by atoms with Gasteiger partial charge in [0.1, 0.15) is 4.83 Å². The maximum Gasteiger partial charge on any atom is 0.235 e. The normalized spacial score (nSPS) is 17.8. The first kappa shape index (κ1) is 26.1. The molecule has 202 valence electrons. The summed E-state index contributed by atoms with van der Waals surface area (Å²) in [5.74, 6) is 1.33. The summed E-state index contributed by atoms with van der Waals surface area (Å²) in [6.45, 7) is 5.23. The van der Waals surface area contributed by atoms with E-state index in [-0.39, 0.29) is 11.9 Å². The standard InChI is InChI=1S/C30H31ClN4O3S/c1-18-13-26(36)33-35(18)16-22-29(31)27(20-9-10-23(37-2)24(14-20)38-3)28-21-11-12-34(15-19-7-5-4-6-8-19)17-25(21)39-30(28)32-22/h4-10,14,18H,11-13,15-17H2,1-3H3,(H,33,36). The minimum absolute atomic E-state index is 0.0184. The van der Waals surface area contributed by atoms with E-state index in [9.17, 15) is 4.79 Å². The van der Waals surface area contributed by atoms with Gasteiger partial charge in [0.05, 0.1) is 31.5 Å². The van der Waals surface area contributed by atoms with Crippen LogP contribution < -0.4 is 14.9 Å². The summed E-state index contributed by atoms with van der Waals surface area (Å²) < 4.78 is 11.1. The van der Waals surface area contributed by atoms with Crippen molar-refractivity contribution >= 4 is 39.1 Å². The molecule has 6 rings (SSSR count). The largest absolute Gasteiger partial charge is 0.493 e. The lowest BCUT2D eigenvalue weighted by Crippen LogP contribution is -2.36. The maximum absolute atomic E-state index is 12.0. The molecule has 2 aromatic carbocycles. The summed E-state index contributed by atoms with van der Waals surface area (Å²) in [6, 6.07) is 16.6. The number of thiophene rings is 1. The Morgan fingerprint density at radius 1 is 1.10 bits per heavy atom. The Kier molecular flexibility index (Phi) is 7.20. The molecule has 0 aliphatic carbocycles. The van der Waals surface area contributed by atoms with Crippen molar-refractivity contribution in [2.75, 3.05) is 20.8 Å². The van der Waals surface area contributed by atoms with E-state index < -0.39 is 0 Å². The molecule has 4 heterocycles. The number of aromatic nitrogens is 1. The highest BCUT2D eigenvalue weighted by atomic mass is 35.5. The first-order valence-electron chi connectivity index (χ1n) is 13.1. The van der Waals surface area contributed by atoms with E-state index in [1.165, 1.54) is 16.0 Å². The number of hydrogen-bond acceptors (Lipinski definition) is 7. The van der Waals surface area contributed by atoms with Gasteiger partial charge in [-0.3, -0.25) is 15.1 Å². The fourth-order valence-electron chi connectivity index (χ4n) is 5.60. The zero-order valence-electron chi connectivity index (χ0n) is 22.3. The monoisotopic (exact) mass is 562 g/mol. The van der Waals surface area contributed by atoms with Crippen LogP contribution >= 0.6 is 22.9 Å². The molecule has 1 atom stereocenters. The summed E-state index contributed by atoms with van der Waals surface area (Å²) in [6.07, 6.45) is 1.39. The average Bonchev–Trinajstić information content (AvgIpc) is 3.46. The smallest absolute Gasteiger partial charge is 0.235 e. The third-order valence-corrected chi connectivity index (χ3v) is 9.12. The molecular weight excluding hydrogens is 532 g/mol. The number of carbonyl (C=O) groups excluding carboxylic acids is 1. The number of amides is 1. The van der Waals surface area contributed by atoms with Crippen molar-refractivity contribution in [3.63, 3.8) is 0 Å². The third-order valence-electron chi connectivity index (χ3n) is 7.60. The van der Waals surface area contributed by atoms with Gasteiger partial charge in [0.2, 0.25) is 5.91 Å². The van der Waals surface area contributed by atoms with Crippen molar-refractivity contribution in [1.82, 2.24) is 20.3 Å². The fraction of sp³-hybridized carbons (Fsp3) is 0.333. The second-order valence-electron chi connectivity index (χ2n) is 10.2. The van der Waals surface area contributed by atoms with E-state index in [2.05, 4.69) is 40.7 Å². The summed E-state index contributed by atoms with van der Waals surface area (Å²) in [4.78, 5) is 21.9. The summed E-state index contributed by atoms with van der Waals surface area (Å²) in [5, 5.41) is 3.65. The van der Waals surface area contributed by atoms with Crippen LogP contribution in [0.15, 0.2) is 48.5 Å². The highest BCUT2D eigenvalue weighted by Gasteiger charge is 2.30. The van der Waals surface area contributed by atoms with Gasteiger partial charge in [-0.15, -0.1) is 11.3 Å². The minimum Gasteiger partial charge on any atom is -0.493 e. The number of ether oxygens (including phenoxy) is 2. The molecule has 4 aromatic rings. The molecule has 1 saturated heterocycles. The Bertz CT molecular complexity index is 1540. The van der Waals surface area contributed by atoms with Crippen molar-refractivity contribution < 1.29 is 14.3 Å². The van der Waals surface area contributed by atoms with E-state index in [0.717, 1.165) is 53.1 Å². The Morgan fingerprint density at radius 3 is 2.62 bits per heavy atom. The van der Waals surface area contributed by atoms with Crippen molar-refractivity contribution in [3.8, 4) is 22.6 Å². The van der Waals surface area contributed by atoms with Gasteiger partial charge in [-0.05, 0) is 42.2 Å². The number of carbonyl (C=O) groups is 1. The van der Waals surface area contributed by atoms with Crippen molar-refractivity contribution in [2.45, 2.75) is 45.4 Å². The number of hydrogen-bond donors (Lipinski definition) is 1. The topological polar surface area (TPSA) is 66.9 Å². The van der Waals surface area contributed by atoms with E-state index >= 15 is 0 Å². The SMILES string of the molecule is COc1ccc(-c2c(Cl)c(CN3NC(=O)CC3C)nc3sc4c(c23)CCN(Cc2ccccc2)C4)cc1OC. The Balaban J connectivity index is 1.46. The molecule has 1 N–H and O–H groups in total. The van der Waals surface area contributed by atoms with Crippen LogP contribution in [-0.2, 0) is 30.8 Å². The van der Waals surface area contributed by atoms with Gasteiger partial charge in [-0.1, -0.05) is 48.0 Å². The molecule has 1 amide bonds. The predicted octanol–water partition coefficient (Wildman–Crippen LogP) is 5.82. The maximum atomic E-state index is 12.0. The molecule has 2 aromatic heterocycles. The number of hydrazine groups is 1. The van der Waals surface area contributed by atoms with Crippen LogP contribution in [-0.4, -0.2) is 47.6 Å². The van der Waals surface area contributed by atoms with E-state index in [1.54, 1.807) is 25.6 Å². The highest BCUT2D eigenvalue weighted by Crippen LogP contribution is 2.46. The van der Waals surface area contributed by atoms with Gasteiger partial charge in [-0.25, -0.2) is 9.99 Å². The first-order chi connectivity index (χ1) is 18.9. The lowest BCUT2D eigenvalue weighted by atomic mass is 9.95. The van der Waals surface area contributed by atoms with Gasteiger partial charge in [0.25, 0.3) is 0 Å². The molecule has 2 aliphatic rings. The number of rotatable bonds is 7. The van der Waals surface area contributed by atoms with Crippen LogP contribution in [0, 0.1) is 0 Å². The van der Waals surface area contributed by atoms with Crippen LogP contribution in [0.3, 0.4) is 0 Å². The molecule has 9 heteroatoms. The van der Waals surface area contributed by atoms with Crippen LogP contribution in [0.4, 0.5) is 0 Å². The summed E-state index contributed by atoms with van der Waals surface area (Å²) >= 11 is 8.96. The van der Waals surface area contributed by atoms with Gasteiger partial charge in [0, 0.05) is 47.9 Å². The second kappa shape index (κ2) is 10.8. The fourth-order valence-corrected chi connectivity index (χ4v) is 7.20. The Labute approximate surface area is 237 Å². The minimum atomic E-state index is 0.0184. The number of nitrogens with zero attached hydrogens (tertiary/aromatic N) is 3. The molecule has 0 radical (unpaired) electrons. The Morgan fingerprint density at radius 2 is 1.90 bits per heavy atom. The molecule has 39 heavy (non-hydrogen) atoms. The van der Waals surface area contributed by atoms with Crippen molar-refractivity contribution in [1.29, 1.82) is 0 Å². The zero-order chi connectivity index (χ0) is 27.1. The van der Waals surface area contributed by atoms with Crippen LogP contribution in [0.2, 0.25) is 5.02 Å². The molecule has 2 aliphatic heterocycles. The molecule has 0 saturated carbocycles. The number of pyridine rings is 1. The van der Waals surface area contributed by atoms with Gasteiger partial charge >= 0.3 is 0 Å². The summed E-state index contributed by atoms with van der Waals surface area (Å²) in [5.41, 5.74) is 8.27. The van der Waals surface area contributed by atoms with Gasteiger partial charge in [0.15, 0.2) is 11.5 Å². The molecule has 0 bridgehead atoms. The van der Waals surface area contributed by atoms with Gasteiger partial charge in [-0.2, -0.15) is 0 Å². The predicted molar refractivity (Wildman–Crippen MR) is 155 cm³/mol. The van der Waals surface area contributed by atoms with Crippen molar-refractivity contribution in [2.24, 2.45) is 0 Å². The summed E-state index contributed by atoms with van der Waals surface area (Å²) in [7, 11) is 3.28. The zero-order valence-corrected chi connectivity index (χ0v) is 23.9. The molecule has 7 nitrogen and oxygen atoms in total. The molecular formula is C30H31ClN4O3S. The number of methoxy groups -OCH3 is 2. The van der Waals surface area contributed by atoms with Crippen LogP contribution in [0.5, 0.6) is 11.5 Å². The quantitative estimate of drug-likeness (QED) is 0.306. The number of fused-ring (bicyclic) bond motifs is 3. The molecule has 1 fully saturated rings. The van der Waals surface area contributed by atoms with Crippen LogP contribution in [0.1, 0.15) is 35.0 Å². The second-order valence-corrected chi connectivity index (χ2v) is 11.6. The van der Waals surface area contributed by atoms with Gasteiger partial charge < -0.3 is 9.47 Å². The lowest BCUT2D eigenvalue weighted by Gasteiger charge is -2.27. The number of halogens is 1. The van der Waals surface area contributed by atoms with Crippen molar-refractivity contribution in [3.05, 3.63) is 75.3 Å². The van der Waals surface area contributed by atoms with E-state index in [4.69, 9.17) is 26.1 Å². The number of nitrogens with one attached hydrogen (secondary N) is 1. The molecule has 0 spiro atoms.